The van der Waals surface area contributed by atoms with E-state index in [0.29, 0.717) is 5.56 Å². The van der Waals surface area contributed by atoms with E-state index in [1.165, 1.54) is 12.1 Å². The number of aromatic nitrogens is 1. The molecule has 0 spiro atoms. The Kier molecular flexibility index (Phi) is 6.36. The van der Waals surface area contributed by atoms with Gasteiger partial charge in [0.15, 0.2) is 0 Å². The van der Waals surface area contributed by atoms with Crippen LogP contribution in [0.25, 0.3) is 0 Å². The first-order valence-electron chi connectivity index (χ1n) is 8.37. The van der Waals surface area contributed by atoms with Crippen molar-refractivity contribution in [1.29, 1.82) is 0 Å². The first-order valence-corrected chi connectivity index (χ1v) is 9.85. The number of hydrogen-bond donors (Lipinski definition) is 1. The zero-order valence-corrected chi connectivity index (χ0v) is 15.6. The van der Waals surface area contributed by atoms with E-state index < -0.39 is 15.8 Å². The van der Waals surface area contributed by atoms with Gasteiger partial charge in [0.25, 0.3) is 10.0 Å². The molecule has 0 unspecified atom stereocenters. The minimum atomic E-state index is -3.81. The molecule has 2 rings (SSSR count). The van der Waals surface area contributed by atoms with Gasteiger partial charge in [-0.15, -0.1) is 0 Å². The molecule has 1 N–H and O–H groups in total. The highest BCUT2D eigenvalue weighted by molar-refractivity contribution is 7.92. The van der Waals surface area contributed by atoms with Gasteiger partial charge in [-0.1, -0.05) is 13.8 Å². The summed E-state index contributed by atoms with van der Waals surface area (Å²) in [7, 11) is -3.81. The van der Waals surface area contributed by atoms with Crippen LogP contribution in [0, 0.1) is 12.7 Å². The molecular formula is C18H24FN3O2S. The number of rotatable bonds is 8. The maximum absolute atomic E-state index is 13.2. The minimum absolute atomic E-state index is 0.0402. The first-order chi connectivity index (χ1) is 11.9. The number of nitrogens with one attached hydrogen (secondary N) is 1. The summed E-state index contributed by atoms with van der Waals surface area (Å²) in [6, 6.07) is 7.08. The van der Waals surface area contributed by atoms with Gasteiger partial charge in [-0.3, -0.25) is 4.72 Å². The van der Waals surface area contributed by atoms with Crippen LogP contribution in [-0.2, 0) is 10.0 Å². The number of anilines is 2. The molecular weight excluding hydrogens is 341 g/mol. The predicted octanol–water partition coefficient (Wildman–Crippen LogP) is 3.96. The summed E-state index contributed by atoms with van der Waals surface area (Å²) in [5.41, 5.74) is 1.31. The molecule has 7 heteroatoms. The fourth-order valence-corrected chi connectivity index (χ4v) is 3.89. The highest BCUT2D eigenvalue weighted by Gasteiger charge is 2.18. The number of nitrogens with zero attached hydrogens (tertiary/aromatic N) is 2. The van der Waals surface area contributed by atoms with E-state index in [9.17, 15) is 12.8 Å². The van der Waals surface area contributed by atoms with Crippen LogP contribution in [0.15, 0.2) is 41.4 Å². The fourth-order valence-electron chi connectivity index (χ4n) is 2.65. The maximum Gasteiger partial charge on any atom is 0.263 e. The van der Waals surface area contributed by atoms with Gasteiger partial charge < -0.3 is 4.90 Å². The van der Waals surface area contributed by atoms with Gasteiger partial charge in [-0.05, 0) is 55.7 Å². The van der Waals surface area contributed by atoms with Crippen molar-refractivity contribution in [2.24, 2.45) is 0 Å². The highest BCUT2D eigenvalue weighted by atomic mass is 32.2. The van der Waals surface area contributed by atoms with Crippen LogP contribution in [0.1, 0.15) is 32.3 Å². The summed E-state index contributed by atoms with van der Waals surface area (Å²) in [4.78, 5) is 6.47. The Morgan fingerprint density at radius 2 is 1.80 bits per heavy atom. The Balaban J connectivity index is 2.19. The third-order valence-electron chi connectivity index (χ3n) is 3.77. The van der Waals surface area contributed by atoms with Crippen molar-refractivity contribution in [3.05, 3.63) is 47.9 Å². The number of hydrogen-bond acceptors (Lipinski definition) is 4. The van der Waals surface area contributed by atoms with E-state index >= 15 is 0 Å². The van der Waals surface area contributed by atoms with Crippen molar-refractivity contribution in [3.63, 3.8) is 0 Å². The zero-order chi connectivity index (χ0) is 18.4. The molecule has 0 saturated carbocycles. The molecule has 0 fully saturated rings. The topological polar surface area (TPSA) is 62.3 Å². The Bertz CT molecular complexity index is 802. The third-order valence-corrected chi connectivity index (χ3v) is 5.28. The molecule has 2 aromatic rings. The van der Waals surface area contributed by atoms with E-state index in [4.69, 9.17) is 0 Å². The number of halogens is 1. The van der Waals surface area contributed by atoms with E-state index in [-0.39, 0.29) is 10.7 Å². The van der Waals surface area contributed by atoms with Crippen molar-refractivity contribution in [1.82, 2.24) is 4.98 Å². The smallest absolute Gasteiger partial charge is 0.263 e. The number of aryl methyl sites for hydroxylation is 1. The first kappa shape index (κ1) is 19.2. The normalized spacial score (nSPS) is 11.4. The molecule has 0 amide bonds. The lowest BCUT2D eigenvalue weighted by Crippen LogP contribution is -2.25. The summed E-state index contributed by atoms with van der Waals surface area (Å²) < 4.78 is 40.6. The average Bonchev–Trinajstić information content (AvgIpc) is 2.54. The van der Waals surface area contributed by atoms with Crippen LogP contribution < -0.4 is 9.62 Å². The van der Waals surface area contributed by atoms with E-state index in [2.05, 4.69) is 28.5 Å². The van der Waals surface area contributed by atoms with Crippen molar-refractivity contribution in [2.45, 2.75) is 38.5 Å². The van der Waals surface area contributed by atoms with Crippen molar-refractivity contribution in [3.8, 4) is 0 Å². The van der Waals surface area contributed by atoms with Crippen LogP contribution >= 0.6 is 0 Å². The summed E-state index contributed by atoms with van der Waals surface area (Å²) in [6.07, 6.45) is 3.72. The van der Waals surface area contributed by atoms with Gasteiger partial charge in [-0.25, -0.2) is 17.8 Å². The largest absolute Gasteiger partial charge is 0.370 e. The Hall–Kier alpha value is -2.15. The molecule has 1 aromatic heterocycles. The second kappa shape index (κ2) is 8.29. The maximum atomic E-state index is 13.2. The average molecular weight is 365 g/mol. The van der Waals surface area contributed by atoms with Gasteiger partial charge in [0.2, 0.25) is 0 Å². The third kappa shape index (κ3) is 4.92. The molecule has 5 nitrogen and oxygen atoms in total. The molecule has 1 heterocycles. The standard InChI is InChI=1S/C18H24FN3O2S/c1-4-10-22(11-5-2)16-7-9-18(20-13-16)21-25(23,24)17-8-6-15(19)12-14(17)3/h6-9,12-13H,4-5,10-11H2,1-3H3,(H,20,21). The molecule has 1 aromatic carbocycles. The lowest BCUT2D eigenvalue weighted by molar-refractivity contribution is 0.598. The Morgan fingerprint density at radius 3 is 2.32 bits per heavy atom. The molecule has 25 heavy (non-hydrogen) atoms. The van der Waals surface area contributed by atoms with Crippen LogP contribution in [0.5, 0.6) is 0 Å². The van der Waals surface area contributed by atoms with Gasteiger partial charge in [-0.2, -0.15) is 0 Å². The number of pyridine rings is 1. The van der Waals surface area contributed by atoms with Gasteiger partial charge in [0, 0.05) is 13.1 Å². The second-order valence-corrected chi connectivity index (χ2v) is 7.55. The summed E-state index contributed by atoms with van der Waals surface area (Å²) >= 11 is 0. The second-order valence-electron chi connectivity index (χ2n) is 5.90. The quantitative estimate of drug-likeness (QED) is 0.769. The van der Waals surface area contributed by atoms with Crippen molar-refractivity contribution >= 4 is 21.5 Å². The van der Waals surface area contributed by atoms with Crippen molar-refractivity contribution in [2.75, 3.05) is 22.7 Å². The Labute approximate surface area is 148 Å². The SMILES string of the molecule is CCCN(CCC)c1ccc(NS(=O)(=O)c2ccc(F)cc2C)nc1. The molecule has 0 aliphatic carbocycles. The number of sulfonamides is 1. The minimum Gasteiger partial charge on any atom is -0.370 e. The fraction of sp³-hybridized carbons (Fsp3) is 0.389. The van der Waals surface area contributed by atoms with Gasteiger partial charge in [0.05, 0.1) is 16.8 Å². The van der Waals surface area contributed by atoms with Gasteiger partial charge >= 0.3 is 0 Å². The zero-order valence-electron chi connectivity index (χ0n) is 14.8. The summed E-state index contributed by atoms with van der Waals surface area (Å²) in [6.45, 7) is 7.64. The van der Waals surface area contributed by atoms with E-state index in [1.54, 1.807) is 19.2 Å². The molecule has 0 aliphatic heterocycles. The monoisotopic (exact) mass is 365 g/mol. The molecule has 0 saturated heterocycles. The molecule has 0 radical (unpaired) electrons. The van der Waals surface area contributed by atoms with Crippen LogP contribution in [0.2, 0.25) is 0 Å². The van der Waals surface area contributed by atoms with E-state index in [0.717, 1.165) is 37.7 Å². The lowest BCUT2D eigenvalue weighted by Gasteiger charge is -2.23. The Morgan fingerprint density at radius 1 is 1.12 bits per heavy atom. The molecule has 0 aliphatic rings. The number of benzene rings is 1. The summed E-state index contributed by atoms with van der Waals surface area (Å²) in [5.74, 6) is -0.230. The van der Waals surface area contributed by atoms with Crippen LogP contribution in [0.3, 0.4) is 0 Å². The van der Waals surface area contributed by atoms with Gasteiger partial charge in [0.1, 0.15) is 11.6 Å². The van der Waals surface area contributed by atoms with E-state index in [1.807, 2.05) is 6.07 Å². The van der Waals surface area contributed by atoms with Crippen LogP contribution in [-0.4, -0.2) is 26.5 Å². The molecule has 0 atom stereocenters. The molecule has 0 bridgehead atoms. The van der Waals surface area contributed by atoms with Crippen molar-refractivity contribution < 1.29 is 12.8 Å². The van der Waals surface area contributed by atoms with Crippen LogP contribution in [0.4, 0.5) is 15.9 Å². The summed E-state index contributed by atoms with van der Waals surface area (Å²) in [5, 5.41) is 0. The molecule has 136 valence electrons. The highest BCUT2D eigenvalue weighted by Crippen LogP contribution is 2.21. The lowest BCUT2D eigenvalue weighted by atomic mass is 10.2. The predicted molar refractivity (Wildman–Crippen MR) is 99.0 cm³/mol.